The number of hydrogen-bond donors (Lipinski definition) is 1. The van der Waals surface area contributed by atoms with Crippen LogP contribution in [-0.4, -0.2) is 71.8 Å². The number of carbonyl (C=O) groups excluding carboxylic acids is 4. The number of esters is 1. The van der Waals surface area contributed by atoms with E-state index in [1.54, 1.807) is 16.7 Å². The summed E-state index contributed by atoms with van der Waals surface area (Å²) in [4.78, 5) is 53.3. The molecule has 0 unspecified atom stereocenters. The molecule has 2 aliphatic rings. The number of ether oxygens (including phenoxy) is 1. The van der Waals surface area contributed by atoms with Crippen molar-refractivity contribution in [1.29, 1.82) is 0 Å². The van der Waals surface area contributed by atoms with Gasteiger partial charge in [0.05, 0.1) is 13.2 Å². The van der Waals surface area contributed by atoms with E-state index < -0.39 is 12.1 Å². The molecule has 0 radical (unpaired) electrons. The summed E-state index contributed by atoms with van der Waals surface area (Å²) >= 11 is 0. The topological polar surface area (TPSA) is 96.0 Å². The Morgan fingerprint density at radius 3 is 2.41 bits per heavy atom. The smallest absolute Gasteiger partial charge is 0.328 e. The van der Waals surface area contributed by atoms with E-state index in [0.29, 0.717) is 38.8 Å². The van der Waals surface area contributed by atoms with Crippen molar-refractivity contribution in [1.82, 2.24) is 15.1 Å². The second-order valence-corrected chi connectivity index (χ2v) is 8.30. The fourth-order valence-corrected chi connectivity index (χ4v) is 4.49. The summed E-state index contributed by atoms with van der Waals surface area (Å²) in [6, 6.07) is 8.81. The number of rotatable bonds is 9. The lowest BCUT2D eigenvalue weighted by Gasteiger charge is -2.30. The number of nitrogens with one attached hydrogen (secondary N) is 1. The molecule has 0 aliphatic carbocycles. The maximum Gasteiger partial charge on any atom is 0.328 e. The van der Waals surface area contributed by atoms with E-state index in [9.17, 15) is 19.2 Å². The number of nitrogens with zero attached hydrogens (tertiary/aromatic N) is 2. The molecule has 1 aromatic carbocycles. The van der Waals surface area contributed by atoms with Gasteiger partial charge in [-0.25, -0.2) is 4.79 Å². The minimum absolute atomic E-state index is 0.116. The first-order valence-corrected chi connectivity index (χ1v) is 11.6. The molecule has 0 saturated carbocycles. The maximum atomic E-state index is 13.1. The number of likely N-dealkylation sites (tertiary alicyclic amines) is 2. The van der Waals surface area contributed by atoms with Gasteiger partial charge in [-0.05, 0) is 51.0 Å². The molecule has 3 amide bonds. The molecule has 1 N–H and O–H groups in total. The molecule has 2 fully saturated rings. The molecule has 2 saturated heterocycles. The fourth-order valence-electron chi connectivity index (χ4n) is 4.49. The summed E-state index contributed by atoms with van der Waals surface area (Å²) in [6.07, 6.45) is 4.49. The zero-order valence-electron chi connectivity index (χ0n) is 18.8. The Labute approximate surface area is 189 Å². The van der Waals surface area contributed by atoms with Crippen LogP contribution in [0.1, 0.15) is 51.0 Å². The highest BCUT2D eigenvalue weighted by molar-refractivity contribution is 5.93. The van der Waals surface area contributed by atoms with Crippen LogP contribution in [0.2, 0.25) is 0 Å². The average molecular weight is 444 g/mol. The zero-order valence-corrected chi connectivity index (χ0v) is 18.8. The highest BCUT2D eigenvalue weighted by Gasteiger charge is 2.42. The van der Waals surface area contributed by atoms with Gasteiger partial charge in [0.15, 0.2) is 0 Å². The van der Waals surface area contributed by atoms with Crippen LogP contribution in [0.15, 0.2) is 30.3 Å². The van der Waals surface area contributed by atoms with Gasteiger partial charge in [0, 0.05) is 19.5 Å². The first-order chi connectivity index (χ1) is 15.5. The minimum atomic E-state index is -0.576. The van der Waals surface area contributed by atoms with Crippen LogP contribution < -0.4 is 5.32 Å². The third-order valence-corrected chi connectivity index (χ3v) is 6.10. The van der Waals surface area contributed by atoms with E-state index in [4.69, 9.17) is 4.74 Å². The summed E-state index contributed by atoms with van der Waals surface area (Å²) < 4.78 is 5.11. The maximum absolute atomic E-state index is 13.1. The van der Waals surface area contributed by atoms with E-state index in [-0.39, 0.29) is 36.8 Å². The van der Waals surface area contributed by atoms with Gasteiger partial charge in [0.2, 0.25) is 17.7 Å². The van der Waals surface area contributed by atoms with Gasteiger partial charge >= 0.3 is 5.97 Å². The Balaban J connectivity index is 1.46. The molecular formula is C24H33N3O5. The van der Waals surface area contributed by atoms with Gasteiger partial charge in [-0.3, -0.25) is 14.4 Å². The van der Waals surface area contributed by atoms with Crippen LogP contribution in [0.3, 0.4) is 0 Å². The van der Waals surface area contributed by atoms with Crippen LogP contribution in [0.4, 0.5) is 0 Å². The number of aryl methyl sites for hydroxylation is 1. The van der Waals surface area contributed by atoms with E-state index in [0.717, 1.165) is 19.3 Å². The molecule has 0 bridgehead atoms. The lowest BCUT2D eigenvalue weighted by atomic mass is 10.1. The van der Waals surface area contributed by atoms with Crippen molar-refractivity contribution in [3.05, 3.63) is 35.9 Å². The summed E-state index contributed by atoms with van der Waals surface area (Å²) in [7, 11) is 0. The van der Waals surface area contributed by atoms with Crippen LogP contribution in [0.5, 0.6) is 0 Å². The Hall–Kier alpha value is -2.90. The SMILES string of the molecule is CCOC(=O)[C@@H]1CCCN1C(=O)[C@@H]1CCCN1C(=O)CNC(=O)CCCc1ccccc1. The molecule has 2 atom stereocenters. The molecule has 1 aromatic rings. The van der Waals surface area contributed by atoms with Crippen LogP contribution >= 0.6 is 0 Å². The number of amides is 3. The molecule has 3 rings (SSSR count). The van der Waals surface area contributed by atoms with Gasteiger partial charge in [0.25, 0.3) is 0 Å². The largest absolute Gasteiger partial charge is 0.464 e. The number of benzene rings is 1. The van der Waals surface area contributed by atoms with Crippen molar-refractivity contribution in [2.45, 2.75) is 64.0 Å². The first kappa shape index (κ1) is 23.8. The second-order valence-electron chi connectivity index (χ2n) is 8.30. The first-order valence-electron chi connectivity index (χ1n) is 11.6. The second kappa shape index (κ2) is 11.6. The number of carbonyl (C=O) groups is 4. The van der Waals surface area contributed by atoms with Crippen molar-refractivity contribution in [2.24, 2.45) is 0 Å². The van der Waals surface area contributed by atoms with Gasteiger partial charge in [-0.15, -0.1) is 0 Å². The predicted molar refractivity (Wildman–Crippen MR) is 118 cm³/mol. The Morgan fingerprint density at radius 1 is 1.00 bits per heavy atom. The Kier molecular flexibility index (Phi) is 8.64. The van der Waals surface area contributed by atoms with Crippen molar-refractivity contribution >= 4 is 23.7 Å². The summed E-state index contributed by atoms with van der Waals surface area (Å²) in [5, 5.41) is 2.69. The van der Waals surface area contributed by atoms with E-state index in [1.165, 1.54) is 5.56 Å². The van der Waals surface area contributed by atoms with Crippen LogP contribution in [-0.2, 0) is 30.3 Å². The average Bonchev–Trinajstić information content (AvgIpc) is 3.48. The summed E-state index contributed by atoms with van der Waals surface area (Å²) in [5.41, 5.74) is 1.18. The van der Waals surface area contributed by atoms with Crippen molar-refractivity contribution in [3.8, 4) is 0 Å². The third kappa shape index (κ3) is 6.08. The standard InChI is InChI=1S/C24H33N3O5/c1-2-32-24(31)20-13-8-16-27(20)23(30)19-12-7-15-26(19)22(29)17-25-21(28)14-6-11-18-9-4-3-5-10-18/h3-5,9-10,19-20H,2,6-8,11-17H2,1H3,(H,25,28)/t19-,20-/m0/s1. The number of hydrogen-bond acceptors (Lipinski definition) is 5. The normalized spacial score (nSPS) is 20.3. The summed E-state index contributed by atoms with van der Waals surface area (Å²) in [6.45, 7) is 2.88. The molecule has 0 aromatic heterocycles. The molecule has 2 aliphatic heterocycles. The van der Waals surface area contributed by atoms with E-state index >= 15 is 0 Å². The summed E-state index contributed by atoms with van der Waals surface area (Å²) in [5.74, 6) is -1.00. The quantitative estimate of drug-likeness (QED) is 0.586. The molecule has 2 heterocycles. The lowest BCUT2D eigenvalue weighted by molar-refractivity contribution is -0.155. The van der Waals surface area contributed by atoms with Crippen LogP contribution in [0.25, 0.3) is 0 Å². The minimum Gasteiger partial charge on any atom is -0.464 e. The molecule has 174 valence electrons. The Bertz CT molecular complexity index is 813. The van der Waals surface area contributed by atoms with Gasteiger partial charge < -0.3 is 19.9 Å². The highest BCUT2D eigenvalue weighted by Crippen LogP contribution is 2.25. The lowest BCUT2D eigenvalue weighted by Crippen LogP contribution is -2.52. The van der Waals surface area contributed by atoms with Gasteiger partial charge in [-0.2, -0.15) is 0 Å². The highest BCUT2D eigenvalue weighted by atomic mass is 16.5. The van der Waals surface area contributed by atoms with Crippen LogP contribution in [0, 0.1) is 0 Å². The molecule has 8 nitrogen and oxygen atoms in total. The van der Waals surface area contributed by atoms with E-state index in [2.05, 4.69) is 5.32 Å². The van der Waals surface area contributed by atoms with Crippen molar-refractivity contribution < 1.29 is 23.9 Å². The molecule has 8 heteroatoms. The fraction of sp³-hybridized carbons (Fsp3) is 0.583. The Morgan fingerprint density at radius 2 is 1.69 bits per heavy atom. The molecule has 32 heavy (non-hydrogen) atoms. The van der Waals surface area contributed by atoms with Gasteiger partial charge in [0.1, 0.15) is 12.1 Å². The van der Waals surface area contributed by atoms with E-state index in [1.807, 2.05) is 30.3 Å². The third-order valence-electron chi connectivity index (χ3n) is 6.10. The molecular weight excluding hydrogens is 410 g/mol. The van der Waals surface area contributed by atoms with Gasteiger partial charge in [-0.1, -0.05) is 30.3 Å². The molecule has 0 spiro atoms. The van der Waals surface area contributed by atoms with Crippen molar-refractivity contribution in [2.75, 3.05) is 26.2 Å². The zero-order chi connectivity index (χ0) is 22.9. The monoisotopic (exact) mass is 443 g/mol. The van der Waals surface area contributed by atoms with Crippen molar-refractivity contribution in [3.63, 3.8) is 0 Å². The predicted octanol–water partition coefficient (Wildman–Crippen LogP) is 1.67.